The monoisotopic (exact) mass is 292 g/mol. The van der Waals surface area contributed by atoms with E-state index in [1.54, 1.807) is 13.1 Å². The van der Waals surface area contributed by atoms with Crippen LogP contribution in [0.15, 0.2) is 23.6 Å². The zero-order chi connectivity index (χ0) is 12.3. The molecule has 1 aliphatic heterocycles. The molecular weight excluding hydrogens is 276 g/mol. The predicted molar refractivity (Wildman–Crippen MR) is 70.1 cm³/mol. The lowest BCUT2D eigenvalue weighted by atomic mass is 10.1. The van der Waals surface area contributed by atoms with Crippen molar-refractivity contribution in [2.45, 2.75) is 24.0 Å². The maximum absolute atomic E-state index is 12.2. The van der Waals surface area contributed by atoms with Crippen LogP contribution in [0.1, 0.15) is 12.8 Å². The highest BCUT2D eigenvalue weighted by Crippen LogP contribution is 2.16. The molecule has 6 nitrogen and oxygen atoms in total. The highest BCUT2D eigenvalue weighted by atomic mass is 35.5. The fourth-order valence-electron chi connectivity index (χ4n) is 1.89. The zero-order valence-electron chi connectivity index (χ0n) is 10.1. The summed E-state index contributed by atoms with van der Waals surface area (Å²) in [5.74, 6) is 0. The lowest BCUT2D eigenvalue weighted by molar-refractivity contribution is 0.298. The van der Waals surface area contributed by atoms with Crippen LogP contribution in [0.3, 0.4) is 0 Å². The second-order valence-corrected chi connectivity index (χ2v) is 5.94. The second kappa shape index (κ2) is 6.42. The molecule has 1 fully saturated rings. The van der Waals surface area contributed by atoms with Gasteiger partial charge in [0.2, 0.25) is 0 Å². The fourth-order valence-corrected chi connectivity index (χ4v) is 3.11. The Kier molecular flexibility index (Phi) is 5.46. The Morgan fingerprint density at radius 3 is 2.61 bits per heavy atom. The van der Waals surface area contributed by atoms with Gasteiger partial charge in [-0.3, -0.25) is 0 Å². The van der Waals surface area contributed by atoms with E-state index in [2.05, 4.69) is 15.3 Å². The van der Waals surface area contributed by atoms with Gasteiger partial charge in [-0.25, -0.2) is 18.4 Å². The Labute approximate surface area is 113 Å². The SMILES string of the molecule is CN(C1CCCNC1)S(=O)(=O)c1ncccn1.Cl. The average molecular weight is 293 g/mol. The van der Waals surface area contributed by atoms with E-state index in [9.17, 15) is 8.42 Å². The van der Waals surface area contributed by atoms with E-state index >= 15 is 0 Å². The molecule has 1 saturated heterocycles. The molecule has 1 aromatic rings. The zero-order valence-corrected chi connectivity index (χ0v) is 11.7. The summed E-state index contributed by atoms with van der Waals surface area (Å²) in [7, 11) is -1.98. The van der Waals surface area contributed by atoms with Crippen LogP contribution in [-0.4, -0.2) is 48.9 Å². The van der Waals surface area contributed by atoms with Gasteiger partial charge in [0.05, 0.1) is 0 Å². The minimum atomic E-state index is -3.57. The van der Waals surface area contributed by atoms with E-state index in [0.717, 1.165) is 19.4 Å². The molecular formula is C10H17ClN4O2S. The molecule has 0 aromatic carbocycles. The normalized spacial score (nSPS) is 20.4. The molecule has 2 rings (SSSR count). The van der Waals surface area contributed by atoms with Gasteiger partial charge in [0.15, 0.2) is 0 Å². The Morgan fingerprint density at radius 1 is 1.39 bits per heavy atom. The van der Waals surface area contributed by atoms with E-state index in [1.807, 2.05) is 0 Å². The number of sulfonamides is 1. The number of nitrogens with zero attached hydrogens (tertiary/aromatic N) is 3. The molecule has 0 radical (unpaired) electrons. The van der Waals surface area contributed by atoms with Crippen molar-refractivity contribution in [1.82, 2.24) is 19.6 Å². The number of hydrogen-bond acceptors (Lipinski definition) is 5. The molecule has 1 aliphatic rings. The molecule has 0 aliphatic carbocycles. The number of rotatable bonds is 3. The van der Waals surface area contributed by atoms with Crippen LogP contribution in [0.25, 0.3) is 0 Å². The van der Waals surface area contributed by atoms with Crippen LogP contribution < -0.4 is 5.32 Å². The highest BCUT2D eigenvalue weighted by Gasteiger charge is 2.30. The summed E-state index contributed by atoms with van der Waals surface area (Å²) < 4.78 is 25.8. The summed E-state index contributed by atoms with van der Waals surface area (Å²) in [6, 6.07) is 1.58. The minimum absolute atomic E-state index is 0. The molecule has 8 heteroatoms. The minimum Gasteiger partial charge on any atom is -0.315 e. The number of hydrogen-bond donors (Lipinski definition) is 1. The smallest absolute Gasteiger partial charge is 0.278 e. The van der Waals surface area contributed by atoms with Crippen molar-refractivity contribution in [3.05, 3.63) is 18.5 Å². The first-order valence-electron chi connectivity index (χ1n) is 5.58. The van der Waals surface area contributed by atoms with Crippen LogP contribution in [-0.2, 0) is 10.0 Å². The standard InChI is InChI=1S/C10H16N4O2S.ClH/c1-14(9-4-2-5-11-8-9)17(15,16)10-12-6-3-7-13-10;/h3,6-7,9,11H,2,4-5,8H2,1H3;1H. The maximum atomic E-state index is 12.2. The summed E-state index contributed by atoms with van der Waals surface area (Å²) in [4.78, 5) is 7.61. The molecule has 0 bridgehead atoms. The largest absolute Gasteiger partial charge is 0.315 e. The quantitative estimate of drug-likeness (QED) is 0.810. The number of nitrogens with one attached hydrogen (secondary N) is 1. The third kappa shape index (κ3) is 3.17. The van der Waals surface area contributed by atoms with Gasteiger partial charge in [-0.2, -0.15) is 4.31 Å². The summed E-state index contributed by atoms with van der Waals surface area (Å²) >= 11 is 0. The predicted octanol–water partition coefficient (Wildman–Crippen LogP) is 0.271. The van der Waals surface area contributed by atoms with Gasteiger partial charge in [-0.1, -0.05) is 0 Å². The van der Waals surface area contributed by atoms with Gasteiger partial charge >= 0.3 is 0 Å². The molecule has 18 heavy (non-hydrogen) atoms. The van der Waals surface area contributed by atoms with Crippen LogP contribution >= 0.6 is 12.4 Å². The van der Waals surface area contributed by atoms with Crippen LogP contribution in [0.2, 0.25) is 0 Å². The van der Waals surface area contributed by atoms with Crippen molar-refractivity contribution in [3.8, 4) is 0 Å². The molecule has 1 N–H and O–H groups in total. The first-order chi connectivity index (χ1) is 8.12. The van der Waals surface area contributed by atoms with Gasteiger partial charge in [0.1, 0.15) is 0 Å². The third-order valence-electron chi connectivity index (χ3n) is 2.94. The number of aromatic nitrogens is 2. The summed E-state index contributed by atoms with van der Waals surface area (Å²) in [5.41, 5.74) is 0. The first-order valence-corrected chi connectivity index (χ1v) is 7.02. The van der Waals surface area contributed by atoms with Gasteiger partial charge in [0, 0.05) is 32.0 Å². The van der Waals surface area contributed by atoms with Crippen LogP contribution in [0.5, 0.6) is 0 Å². The summed E-state index contributed by atoms with van der Waals surface area (Å²) in [6.45, 7) is 1.63. The van der Waals surface area contributed by atoms with Crippen molar-refractivity contribution in [3.63, 3.8) is 0 Å². The van der Waals surface area contributed by atoms with E-state index < -0.39 is 10.0 Å². The van der Waals surface area contributed by atoms with E-state index in [4.69, 9.17) is 0 Å². The Hall–Kier alpha value is -0.760. The molecule has 0 amide bonds. The van der Waals surface area contributed by atoms with E-state index in [0.29, 0.717) is 6.54 Å². The fraction of sp³-hybridized carbons (Fsp3) is 0.600. The van der Waals surface area contributed by atoms with Crippen molar-refractivity contribution in [2.75, 3.05) is 20.1 Å². The third-order valence-corrected chi connectivity index (χ3v) is 4.67. The van der Waals surface area contributed by atoms with Crippen molar-refractivity contribution in [1.29, 1.82) is 0 Å². The Bertz CT molecular complexity index is 462. The lowest BCUT2D eigenvalue weighted by Gasteiger charge is -2.30. The summed E-state index contributed by atoms with van der Waals surface area (Å²) in [6.07, 6.45) is 4.73. The molecule has 2 heterocycles. The van der Waals surface area contributed by atoms with Gasteiger partial charge in [-0.05, 0) is 25.5 Å². The van der Waals surface area contributed by atoms with Crippen molar-refractivity contribution < 1.29 is 8.42 Å². The number of piperidine rings is 1. The molecule has 0 saturated carbocycles. The second-order valence-electron chi connectivity index (χ2n) is 4.05. The molecule has 1 unspecified atom stereocenters. The molecule has 1 aromatic heterocycles. The first kappa shape index (κ1) is 15.3. The lowest BCUT2D eigenvalue weighted by Crippen LogP contribution is -2.46. The topological polar surface area (TPSA) is 75.2 Å². The highest BCUT2D eigenvalue weighted by molar-refractivity contribution is 7.88. The van der Waals surface area contributed by atoms with Gasteiger partial charge in [-0.15, -0.1) is 12.4 Å². The number of halogens is 1. The van der Waals surface area contributed by atoms with Crippen molar-refractivity contribution in [2.24, 2.45) is 0 Å². The van der Waals surface area contributed by atoms with Gasteiger partial charge < -0.3 is 5.32 Å². The van der Waals surface area contributed by atoms with Crippen LogP contribution in [0, 0.1) is 0 Å². The Morgan fingerprint density at radius 2 is 2.06 bits per heavy atom. The van der Waals surface area contributed by atoms with E-state index in [1.165, 1.54) is 16.7 Å². The van der Waals surface area contributed by atoms with Crippen LogP contribution in [0.4, 0.5) is 0 Å². The maximum Gasteiger partial charge on any atom is 0.278 e. The van der Waals surface area contributed by atoms with Crippen molar-refractivity contribution >= 4 is 22.4 Å². The molecule has 1 atom stereocenters. The Balaban J connectivity index is 0.00000162. The van der Waals surface area contributed by atoms with Gasteiger partial charge in [0.25, 0.3) is 15.2 Å². The van der Waals surface area contributed by atoms with E-state index in [-0.39, 0.29) is 23.6 Å². The molecule has 0 spiro atoms. The molecule has 102 valence electrons. The average Bonchev–Trinajstić information content (AvgIpc) is 2.40. The number of likely N-dealkylation sites (N-methyl/N-ethyl adjacent to an activating group) is 1. The summed E-state index contributed by atoms with van der Waals surface area (Å²) in [5, 5.41) is 3.06.